The standard InChI is InChI=1S/C22H33BrN2O4/c1-4-5-6-7-8-9-19(26)25-16-20(27)24-15-14-22(2,3)21(28)29-18-12-10-17(23)11-13-18/h10-13H,4-9,14-16H2,1-3H3,(H,24,27)(H,25,26). The van der Waals surface area contributed by atoms with E-state index in [2.05, 4.69) is 33.5 Å². The lowest BCUT2D eigenvalue weighted by atomic mass is 9.89. The maximum Gasteiger partial charge on any atom is 0.316 e. The van der Waals surface area contributed by atoms with Gasteiger partial charge in [0.1, 0.15) is 5.75 Å². The minimum Gasteiger partial charge on any atom is -0.426 e. The van der Waals surface area contributed by atoms with Gasteiger partial charge in [0.05, 0.1) is 12.0 Å². The molecule has 0 aliphatic rings. The van der Waals surface area contributed by atoms with E-state index in [1.807, 2.05) is 0 Å². The number of carbonyl (C=O) groups is 3. The number of rotatable bonds is 13. The number of amides is 2. The zero-order valence-corrected chi connectivity index (χ0v) is 19.3. The summed E-state index contributed by atoms with van der Waals surface area (Å²) in [5.74, 6) is -0.241. The Bertz CT molecular complexity index is 659. The lowest BCUT2D eigenvalue weighted by Crippen LogP contribution is -2.39. The van der Waals surface area contributed by atoms with E-state index in [1.54, 1.807) is 38.1 Å². The van der Waals surface area contributed by atoms with Crippen LogP contribution in [-0.2, 0) is 14.4 Å². The predicted molar refractivity (Wildman–Crippen MR) is 118 cm³/mol. The Morgan fingerprint density at radius 2 is 1.62 bits per heavy atom. The molecule has 0 radical (unpaired) electrons. The molecule has 2 amide bonds. The normalized spacial score (nSPS) is 11.0. The second-order valence-electron chi connectivity index (χ2n) is 7.77. The summed E-state index contributed by atoms with van der Waals surface area (Å²) in [6, 6.07) is 7.03. The average molecular weight is 469 g/mol. The van der Waals surface area contributed by atoms with Gasteiger partial charge in [-0.25, -0.2) is 0 Å². The smallest absolute Gasteiger partial charge is 0.316 e. The van der Waals surface area contributed by atoms with Gasteiger partial charge in [-0.15, -0.1) is 0 Å². The molecular weight excluding hydrogens is 436 g/mol. The summed E-state index contributed by atoms with van der Waals surface area (Å²) < 4.78 is 6.31. The van der Waals surface area contributed by atoms with Gasteiger partial charge in [0.2, 0.25) is 11.8 Å². The van der Waals surface area contributed by atoms with Crippen LogP contribution in [0.5, 0.6) is 5.75 Å². The van der Waals surface area contributed by atoms with Gasteiger partial charge in [-0.05, 0) is 51.0 Å². The van der Waals surface area contributed by atoms with Crippen LogP contribution >= 0.6 is 15.9 Å². The molecule has 0 aliphatic heterocycles. The Kier molecular flexibility index (Phi) is 11.6. The third kappa shape index (κ3) is 11.0. The summed E-state index contributed by atoms with van der Waals surface area (Å²) in [5, 5.41) is 5.37. The van der Waals surface area contributed by atoms with E-state index in [4.69, 9.17) is 4.74 Å². The molecule has 0 atom stereocenters. The highest BCUT2D eigenvalue weighted by Crippen LogP contribution is 2.24. The van der Waals surface area contributed by atoms with Crippen molar-refractivity contribution in [3.63, 3.8) is 0 Å². The van der Waals surface area contributed by atoms with Gasteiger partial charge < -0.3 is 15.4 Å². The lowest BCUT2D eigenvalue weighted by Gasteiger charge is -2.22. The number of hydrogen-bond donors (Lipinski definition) is 2. The average Bonchev–Trinajstić information content (AvgIpc) is 2.67. The Morgan fingerprint density at radius 1 is 0.966 bits per heavy atom. The zero-order valence-electron chi connectivity index (χ0n) is 17.7. The molecule has 1 rings (SSSR count). The van der Waals surface area contributed by atoms with Gasteiger partial charge in [0.15, 0.2) is 0 Å². The van der Waals surface area contributed by atoms with Crippen LogP contribution in [0.25, 0.3) is 0 Å². The van der Waals surface area contributed by atoms with Crippen LogP contribution in [0.1, 0.15) is 65.7 Å². The molecule has 162 valence electrons. The molecule has 0 saturated heterocycles. The molecular formula is C22H33BrN2O4. The highest BCUT2D eigenvalue weighted by Gasteiger charge is 2.29. The molecule has 0 bridgehead atoms. The summed E-state index contributed by atoms with van der Waals surface area (Å²) in [5.41, 5.74) is -0.748. The number of hydrogen-bond acceptors (Lipinski definition) is 4. The molecule has 0 aliphatic carbocycles. The van der Waals surface area contributed by atoms with Crippen LogP contribution in [0.3, 0.4) is 0 Å². The first-order valence-electron chi connectivity index (χ1n) is 10.3. The van der Waals surface area contributed by atoms with Gasteiger partial charge in [0.25, 0.3) is 0 Å². The van der Waals surface area contributed by atoms with Crippen molar-refractivity contribution in [3.05, 3.63) is 28.7 Å². The second kappa shape index (κ2) is 13.4. The minimum absolute atomic E-state index is 0.0441. The van der Waals surface area contributed by atoms with E-state index in [9.17, 15) is 14.4 Å². The molecule has 2 N–H and O–H groups in total. The second-order valence-corrected chi connectivity index (χ2v) is 8.68. The van der Waals surface area contributed by atoms with Crippen molar-refractivity contribution in [1.82, 2.24) is 10.6 Å². The van der Waals surface area contributed by atoms with Gasteiger partial charge in [-0.3, -0.25) is 14.4 Å². The Labute approximate surface area is 182 Å². The SMILES string of the molecule is CCCCCCCC(=O)NCC(=O)NCCC(C)(C)C(=O)Oc1ccc(Br)cc1. The van der Waals surface area contributed by atoms with Crippen LogP contribution in [0.4, 0.5) is 0 Å². The summed E-state index contributed by atoms with van der Waals surface area (Å²) >= 11 is 3.33. The van der Waals surface area contributed by atoms with E-state index in [1.165, 1.54) is 12.8 Å². The fourth-order valence-electron chi connectivity index (χ4n) is 2.58. The topological polar surface area (TPSA) is 84.5 Å². The lowest BCUT2D eigenvalue weighted by molar-refractivity contribution is -0.144. The predicted octanol–water partition coefficient (Wildman–Crippen LogP) is 4.36. The van der Waals surface area contributed by atoms with E-state index in [0.29, 0.717) is 25.1 Å². The van der Waals surface area contributed by atoms with Crippen molar-refractivity contribution in [2.45, 2.75) is 65.7 Å². The molecule has 0 saturated carbocycles. The highest BCUT2D eigenvalue weighted by molar-refractivity contribution is 9.10. The number of unbranched alkanes of at least 4 members (excludes halogenated alkanes) is 4. The number of carbonyl (C=O) groups excluding carboxylic acids is 3. The maximum atomic E-state index is 12.4. The molecule has 0 unspecified atom stereocenters. The van der Waals surface area contributed by atoms with E-state index >= 15 is 0 Å². The van der Waals surface area contributed by atoms with Crippen LogP contribution < -0.4 is 15.4 Å². The van der Waals surface area contributed by atoms with Crippen molar-refractivity contribution in [2.24, 2.45) is 5.41 Å². The van der Waals surface area contributed by atoms with E-state index < -0.39 is 5.41 Å². The minimum atomic E-state index is -0.748. The molecule has 0 heterocycles. The number of esters is 1. The van der Waals surface area contributed by atoms with Crippen molar-refractivity contribution in [2.75, 3.05) is 13.1 Å². The number of nitrogens with one attached hydrogen (secondary N) is 2. The van der Waals surface area contributed by atoms with Crippen LogP contribution in [-0.4, -0.2) is 30.9 Å². The first-order chi connectivity index (χ1) is 13.7. The first-order valence-corrected chi connectivity index (χ1v) is 11.0. The fraction of sp³-hybridized carbons (Fsp3) is 0.591. The Morgan fingerprint density at radius 3 is 2.28 bits per heavy atom. The van der Waals surface area contributed by atoms with Crippen molar-refractivity contribution in [3.8, 4) is 5.75 Å². The van der Waals surface area contributed by atoms with E-state index in [0.717, 1.165) is 23.7 Å². The zero-order chi connectivity index (χ0) is 21.7. The summed E-state index contributed by atoms with van der Waals surface area (Å²) in [6.45, 7) is 5.99. The molecule has 29 heavy (non-hydrogen) atoms. The monoisotopic (exact) mass is 468 g/mol. The van der Waals surface area contributed by atoms with Gasteiger partial charge >= 0.3 is 5.97 Å². The molecule has 1 aromatic carbocycles. The number of benzene rings is 1. The molecule has 0 fully saturated rings. The van der Waals surface area contributed by atoms with Gasteiger partial charge in [-0.1, -0.05) is 48.5 Å². The summed E-state index contributed by atoms with van der Waals surface area (Å²) in [6.07, 6.45) is 6.28. The largest absolute Gasteiger partial charge is 0.426 e. The quantitative estimate of drug-likeness (QED) is 0.255. The fourth-order valence-corrected chi connectivity index (χ4v) is 2.85. The van der Waals surface area contributed by atoms with E-state index in [-0.39, 0.29) is 24.3 Å². The van der Waals surface area contributed by atoms with Crippen LogP contribution in [0, 0.1) is 5.41 Å². The van der Waals surface area contributed by atoms with Crippen LogP contribution in [0.15, 0.2) is 28.7 Å². The third-order valence-corrected chi connectivity index (χ3v) is 5.13. The van der Waals surface area contributed by atoms with Crippen LogP contribution in [0.2, 0.25) is 0 Å². The molecule has 1 aromatic rings. The maximum absolute atomic E-state index is 12.4. The Balaban J connectivity index is 2.23. The number of halogens is 1. The van der Waals surface area contributed by atoms with Crippen molar-refractivity contribution < 1.29 is 19.1 Å². The van der Waals surface area contributed by atoms with Gasteiger partial charge in [-0.2, -0.15) is 0 Å². The molecule has 0 aromatic heterocycles. The summed E-state index contributed by atoms with van der Waals surface area (Å²) in [7, 11) is 0. The molecule has 7 heteroatoms. The highest BCUT2D eigenvalue weighted by atomic mass is 79.9. The van der Waals surface area contributed by atoms with Gasteiger partial charge in [0, 0.05) is 17.4 Å². The molecule has 6 nitrogen and oxygen atoms in total. The summed E-state index contributed by atoms with van der Waals surface area (Å²) in [4.78, 5) is 36.0. The third-order valence-electron chi connectivity index (χ3n) is 4.60. The first kappa shape index (κ1) is 25.1. The van der Waals surface area contributed by atoms with Crippen molar-refractivity contribution >= 4 is 33.7 Å². The molecule has 0 spiro atoms. The Hall–Kier alpha value is -1.89. The number of ether oxygens (including phenoxy) is 1. The van der Waals surface area contributed by atoms with Crippen molar-refractivity contribution in [1.29, 1.82) is 0 Å².